The number of esters is 1. The molecule has 4 heteroatoms. The van der Waals surface area contributed by atoms with Crippen LogP contribution in [0.4, 0.5) is 0 Å². The lowest BCUT2D eigenvalue weighted by molar-refractivity contribution is -0.154. The largest absolute Gasteiger partial charge is 0.457 e. The first-order valence-electron chi connectivity index (χ1n) is 22.3. The molecule has 49 heavy (non-hydrogen) atoms. The van der Waals surface area contributed by atoms with Crippen LogP contribution in [-0.4, -0.2) is 37.0 Å². The molecule has 1 unspecified atom stereocenters. The van der Waals surface area contributed by atoms with Crippen LogP contribution in [0.2, 0.25) is 0 Å². The molecule has 1 atom stereocenters. The van der Waals surface area contributed by atoms with Gasteiger partial charge >= 0.3 is 5.97 Å². The van der Waals surface area contributed by atoms with Gasteiger partial charge < -0.3 is 14.6 Å². The summed E-state index contributed by atoms with van der Waals surface area (Å²) in [4.78, 5) is 12.2. The average molecular weight is 693 g/mol. The Morgan fingerprint density at radius 2 is 0.796 bits per heavy atom. The third-order valence-electron chi connectivity index (χ3n) is 10.1. The fourth-order valence-corrected chi connectivity index (χ4v) is 6.74. The quantitative estimate of drug-likeness (QED) is 0.0393. The summed E-state index contributed by atoms with van der Waals surface area (Å²) in [5.41, 5.74) is 0. The summed E-state index contributed by atoms with van der Waals surface area (Å²) in [5, 5.41) is 9.61. The zero-order valence-electron chi connectivity index (χ0n) is 33.5. The number of rotatable bonds is 42. The van der Waals surface area contributed by atoms with E-state index >= 15 is 0 Å². The van der Waals surface area contributed by atoms with E-state index in [0.717, 1.165) is 19.3 Å². The minimum Gasteiger partial charge on any atom is -0.457 e. The van der Waals surface area contributed by atoms with Gasteiger partial charge in [0.2, 0.25) is 0 Å². The summed E-state index contributed by atoms with van der Waals surface area (Å²) < 4.78 is 11.2. The van der Waals surface area contributed by atoms with Crippen molar-refractivity contribution in [1.82, 2.24) is 0 Å². The van der Waals surface area contributed by atoms with Crippen LogP contribution >= 0.6 is 0 Å². The molecule has 1 N–H and O–H groups in total. The number of hydrogen-bond acceptors (Lipinski definition) is 4. The van der Waals surface area contributed by atoms with Crippen LogP contribution in [0.3, 0.4) is 0 Å². The summed E-state index contributed by atoms with van der Waals surface area (Å²) in [5.74, 6) is -0.197. The zero-order valence-corrected chi connectivity index (χ0v) is 33.5. The average Bonchev–Trinajstić information content (AvgIpc) is 3.11. The summed E-state index contributed by atoms with van der Waals surface area (Å²) in [6.07, 6.45) is 51.3. The molecular formula is C45H88O4. The highest BCUT2D eigenvalue weighted by atomic mass is 16.6. The summed E-state index contributed by atoms with van der Waals surface area (Å²) in [6, 6.07) is 0. The van der Waals surface area contributed by atoms with Gasteiger partial charge in [0, 0.05) is 13.0 Å². The lowest BCUT2D eigenvalue weighted by Crippen LogP contribution is -2.27. The number of allylic oxidation sites excluding steroid dienone is 2. The smallest absolute Gasteiger partial charge is 0.306 e. The molecule has 0 amide bonds. The molecule has 0 aromatic carbocycles. The number of carbonyl (C=O) groups excluding carboxylic acids is 1. The van der Waals surface area contributed by atoms with Gasteiger partial charge in [-0.1, -0.05) is 212 Å². The summed E-state index contributed by atoms with van der Waals surface area (Å²) in [7, 11) is 0. The van der Waals surface area contributed by atoms with Crippen molar-refractivity contribution in [2.45, 2.75) is 251 Å². The van der Waals surface area contributed by atoms with Gasteiger partial charge in [0.25, 0.3) is 0 Å². The number of aliphatic hydroxyl groups excluding tert-OH is 1. The molecular weight excluding hydrogens is 604 g/mol. The molecule has 0 bridgehead atoms. The second-order valence-electron chi connectivity index (χ2n) is 15.1. The molecule has 4 nitrogen and oxygen atoms in total. The molecule has 292 valence electrons. The molecule has 0 spiro atoms. The summed E-state index contributed by atoms with van der Waals surface area (Å²) in [6.45, 7) is 5.39. The molecule has 0 saturated heterocycles. The predicted octanol–water partition coefficient (Wildman–Crippen LogP) is 14.5. The van der Waals surface area contributed by atoms with Crippen molar-refractivity contribution in [3.05, 3.63) is 12.2 Å². The monoisotopic (exact) mass is 693 g/mol. The van der Waals surface area contributed by atoms with E-state index in [-0.39, 0.29) is 12.6 Å². The van der Waals surface area contributed by atoms with E-state index in [1.165, 1.54) is 205 Å². The number of carbonyl (C=O) groups is 1. The van der Waals surface area contributed by atoms with Crippen molar-refractivity contribution >= 4 is 5.97 Å². The maximum Gasteiger partial charge on any atom is 0.306 e. The second kappa shape index (κ2) is 43.3. The van der Waals surface area contributed by atoms with Gasteiger partial charge in [-0.05, 0) is 38.5 Å². The third kappa shape index (κ3) is 41.4. The predicted molar refractivity (Wildman–Crippen MR) is 214 cm³/mol. The van der Waals surface area contributed by atoms with Crippen LogP contribution in [0, 0.1) is 0 Å². The first-order chi connectivity index (χ1) is 24.2. The van der Waals surface area contributed by atoms with E-state index in [1.807, 2.05) is 0 Å². The molecule has 0 saturated carbocycles. The van der Waals surface area contributed by atoms with Crippen LogP contribution in [0.1, 0.15) is 245 Å². The van der Waals surface area contributed by atoms with Gasteiger partial charge in [0.1, 0.15) is 6.10 Å². The molecule has 0 aliphatic rings. The summed E-state index contributed by atoms with van der Waals surface area (Å²) >= 11 is 0. The Balaban J connectivity index is 3.37. The standard InChI is InChI=1S/C45H88O4/c1-3-5-7-9-11-13-15-17-19-21-23-24-26-28-30-32-34-36-38-40-45(47)49-44(42-46)43-48-41-39-37-35-33-31-29-27-25-22-20-18-16-14-12-10-8-6-4-2/h17,19,44,46H,3-16,18,20-43H2,1-2H3/b19-17-. The second-order valence-corrected chi connectivity index (χ2v) is 15.1. The van der Waals surface area contributed by atoms with Gasteiger partial charge in [-0.25, -0.2) is 0 Å². The molecule has 0 fully saturated rings. The third-order valence-corrected chi connectivity index (χ3v) is 10.1. The van der Waals surface area contributed by atoms with Crippen molar-refractivity contribution < 1.29 is 19.4 Å². The zero-order chi connectivity index (χ0) is 35.6. The highest BCUT2D eigenvalue weighted by Gasteiger charge is 2.13. The Bertz CT molecular complexity index is 648. The molecule has 0 heterocycles. The highest BCUT2D eigenvalue weighted by Crippen LogP contribution is 2.15. The molecule has 0 radical (unpaired) electrons. The van der Waals surface area contributed by atoms with Crippen molar-refractivity contribution in [1.29, 1.82) is 0 Å². The maximum atomic E-state index is 12.2. The Morgan fingerprint density at radius 1 is 0.469 bits per heavy atom. The van der Waals surface area contributed by atoms with Gasteiger partial charge in [0.15, 0.2) is 0 Å². The van der Waals surface area contributed by atoms with Crippen LogP contribution < -0.4 is 0 Å². The fourth-order valence-electron chi connectivity index (χ4n) is 6.74. The molecule has 0 rings (SSSR count). The molecule has 0 aromatic rings. The van der Waals surface area contributed by atoms with E-state index in [1.54, 1.807) is 0 Å². The highest BCUT2D eigenvalue weighted by molar-refractivity contribution is 5.69. The Labute approximate surface area is 307 Å². The minimum atomic E-state index is -0.529. The van der Waals surface area contributed by atoms with E-state index in [0.29, 0.717) is 19.6 Å². The molecule has 0 aromatic heterocycles. The van der Waals surface area contributed by atoms with Crippen LogP contribution in [0.5, 0.6) is 0 Å². The maximum absolute atomic E-state index is 12.2. The van der Waals surface area contributed by atoms with E-state index in [9.17, 15) is 9.90 Å². The van der Waals surface area contributed by atoms with Crippen LogP contribution in [0.15, 0.2) is 12.2 Å². The first kappa shape index (κ1) is 48.1. The van der Waals surface area contributed by atoms with Crippen molar-refractivity contribution in [2.75, 3.05) is 19.8 Å². The van der Waals surface area contributed by atoms with Gasteiger partial charge in [0.05, 0.1) is 13.2 Å². The van der Waals surface area contributed by atoms with E-state index in [2.05, 4.69) is 26.0 Å². The van der Waals surface area contributed by atoms with E-state index in [4.69, 9.17) is 9.47 Å². The first-order valence-corrected chi connectivity index (χ1v) is 22.3. The Kier molecular flexibility index (Phi) is 42.5. The number of aliphatic hydroxyl groups is 1. The van der Waals surface area contributed by atoms with Crippen molar-refractivity contribution in [3.63, 3.8) is 0 Å². The lowest BCUT2D eigenvalue weighted by atomic mass is 10.0. The van der Waals surface area contributed by atoms with Gasteiger partial charge in [-0.2, -0.15) is 0 Å². The normalized spacial score (nSPS) is 12.3. The van der Waals surface area contributed by atoms with Crippen molar-refractivity contribution in [3.8, 4) is 0 Å². The topological polar surface area (TPSA) is 55.8 Å². The van der Waals surface area contributed by atoms with Gasteiger partial charge in [-0.15, -0.1) is 0 Å². The molecule has 0 aliphatic heterocycles. The van der Waals surface area contributed by atoms with Crippen molar-refractivity contribution in [2.24, 2.45) is 0 Å². The lowest BCUT2D eigenvalue weighted by Gasteiger charge is -2.16. The van der Waals surface area contributed by atoms with Gasteiger partial charge in [-0.3, -0.25) is 4.79 Å². The Hall–Kier alpha value is -0.870. The van der Waals surface area contributed by atoms with E-state index < -0.39 is 6.10 Å². The molecule has 0 aliphatic carbocycles. The number of ether oxygens (including phenoxy) is 2. The Morgan fingerprint density at radius 3 is 1.16 bits per heavy atom. The van der Waals surface area contributed by atoms with Crippen LogP contribution in [0.25, 0.3) is 0 Å². The number of hydrogen-bond donors (Lipinski definition) is 1. The number of unbranched alkanes of at least 4 members (excludes halogenated alkanes) is 32. The SMILES string of the molecule is CCCCCCCC/C=C\CCCCCCCCCCCC(=O)OC(CO)COCCCCCCCCCCCCCCCCCCCC. The minimum absolute atomic E-state index is 0.166. The van der Waals surface area contributed by atoms with Crippen LogP contribution in [-0.2, 0) is 14.3 Å². The fraction of sp³-hybridized carbons (Fsp3) is 0.933.